The number of aliphatic carboxylic acids is 1. The maximum Gasteiger partial charge on any atom is 0.326 e. The molecule has 0 spiro atoms. The van der Waals surface area contributed by atoms with Crippen molar-refractivity contribution < 1.29 is 19.5 Å². The second-order valence-corrected chi connectivity index (χ2v) is 9.94. The van der Waals surface area contributed by atoms with Crippen LogP contribution in [-0.4, -0.2) is 36.0 Å². The quantitative estimate of drug-likeness (QED) is 0.248. The lowest BCUT2D eigenvalue weighted by molar-refractivity contribution is -0.140. The Morgan fingerprint density at radius 3 is 2.03 bits per heavy atom. The maximum absolute atomic E-state index is 11.6. The lowest BCUT2D eigenvalue weighted by atomic mass is 9.86. The summed E-state index contributed by atoms with van der Waals surface area (Å²) in [5, 5.41) is 13.8. The van der Waals surface area contributed by atoms with Gasteiger partial charge in [-0.1, -0.05) is 80.6 Å². The van der Waals surface area contributed by atoms with Gasteiger partial charge in [-0.3, -0.25) is 9.59 Å². The van der Waals surface area contributed by atoms with Crippen molar-refractivity contribution in [2.45, 2.75) is 112 Å². The average molecular weight is 429 g/mol. The Kier molecular flexibility index (Phi) is 18.6. The molecule has 0 aromatic heterocycles. The predicted molar refractivity (Wildman–Crippen MR) is 124 cm³/mol. The highest BCUT2D eigenvalue weighted by Crippen LogP contribution is 2.23. The summed E-state index contributed by atoms with van der Waals surface area (Å²) in [6.07, 6.45) is 8.84. The van der Waals surface area contributed by atoms with Gasteiger partial charge in [0.25, 0.3) is 0 Å². The summed E-state index contributed by atoms with van der Waals surface area (Å²) in [5.41, 5.74) is 0.522. The fourth-order valence-corrected chi connectivity index (χ4v) is 3.35. The van der Waals surface area contributed by atoms with Crippen molar-refractivity contribution in [3.8, 4) is 0 Å². The van der Waals surface area contributed by atoms with Crippen LogP contribution in [0.2, 0.25) is 0 Å². The molecule has 0 aromatic rings. The highest BCUT2D eigenvalue weighted by molar-refractivity contribution is 5.79. The minimum Gasteiger partial charge on any atom is -0.480 e. The third-order valence-corrected chi connectivity index (χ3v) is 4.89. The molecule has 6 heteroatoms. The first-order chi connectivity index (χ1) is 13.9. The van der Waals surface area contributed by atoms with E-state index in [1.165, 1.54) is 32.1 Å². The number of amides is 2. The molecular formula is C24H48N2O4. The van der Waals surface area contributed by atoms with Gasteiger partial charge in [-0.25, -0.2) is 4.79 Å². The summed E-state index contributed by atoms with van der Waals surface area (Å²) < 4.78 is 0. The Bertz CT molecular complexity index is 459. The number of carboxylic acid groups (broad SMARTS) is 1. The van der Waals surface area contributed by atoms with Crippen LogP contribution in [0.25, 0.3) is 0 Å². The van der Waals surface area contributed by atoms with Gasteiger partial charge in [0.15, 0.2) is 0 Å². The van der Waals surface area contributed by atoms with E-state index < -0.39 is 12.0 Å². The number of carbonyl (C=O) groups excluding carboxylic acids is 2. The number of hydrogen-bond donors (Lipinski definition) is 3. The molecule has 0 heterocycles. The van der Waals surface area contributed by atoms with E-state index in [9.17, 15) is 14.4 Å². The Labute approximate surface area is 185 Å². The molecule has 0 fully saturated rings. The van der Waals surface area contributed by atoms with Crippen molar-refractivity contribution in [2.75, 3.05) is 6.54 Å². The minimum absolute atomic E-state index is 0.103. The van der Waals surface area contributed by atoms with Crippen molar-refractivity contribution in [1.29, 1.82) is 0 Å². The fraction of sp³-hybridized carbons (Fsp3) is 0.875. The van der Waals surface area contributed by atoms with E-state index in [1.807, 2.05) is 0 Å². The number of hydrogen-bond acceptors (Lipinski definition) is 3. The number of rotatable bonds is 15. The van der Waals surface area contributed by atoms with Crippen molar-refractivity contribution in [2.24, 2.45) is 17.3 Å². The SMILES string of the molecule is CC(C)CC(C)(C)C.CCC(C)CCCCCCNC(=O)CCC(NC=O)C(=O)O. The second kappa shape index (κ2) is 18.2. The maximum atomic E-state index is 11.6. The van der Waals surface area contributed by atoms with Crippen LogP contribution >= 0.6 is 0 Å². The van der Waals surface area contributed by atoms with Gasteiger partial charge < -0.3 is 15.7 Å². The van der Waals surface area contributed by atoms with Gasteiger partial charge in [0.05, 0.1) is 0 Å². The summed E-state index contributed by atoms with van der Waals surface area (Å²) in [6, 6.07) is -0.996. The molecular weight excluding hydrogens is 380 g/mol. The number of nitrogens with one attached hydrogen (secondary N) is 2. The van der Waals surface area contributed by atoms with Crippen LogP contribution < -0.4 is 10.6 Å². The van der Waals surface area contributed by atoms with Gasteiger partial charge in [0.1, 0.15) is 6.04 Å². The van der Waals surface area contributed by atoms with Crippen LogP contribution in [0.3, 0.4) is 0 Å². The van der Waals surface area contributed by atoms with Gasteiger partial charge in [-0.05, 0) is 36.5 Å². The zero-order valence-electron chi connectivity index (χ0n) is 20.6. The van der Waals surface area contributed by atoms with Crippen LogP contribution in [0.4, 0.5) is 0 Å². The Morgan fingerprint density at radius 1 is 1.00 bits per heavy atom. The molecule has 3 N–H and O–H groups in total. The molecule has 0 radical (unpaired) electrons. The van der Waals surface area contributed by atoms with Gasteiger partial charge in [0.2, 0.25) is 12.3 Å². The molecule has 2 unspecified atom stereocenters. The van der Waals surface area contributed by atoms with Gasteiger partial charge >= 0.3 is 5.97 Å². The summed E-state index contributed by atoms with van der Waals surface area (Å²) in [4.78, 5) is 32.6. The molecule has 0 bridgehead atoms. The van der Waals surface area contributed by atoms with Crippen LogP contribution in [0.15, 0.2) is 0 Å². The molecule has 30 heavy (non-hydrogen) atoms. The zero-order valence-corrected chi connectivity index (χ0v) is 20.6. The van der Waals surface area contributed by atoms with E-state index >= 15 is 0 Å². The predicted octanol–water partition coefficient (Wildman–Crippen LogP) is 5.16. The first-order valence-corrected chi connectivity index (χ1v) is 11.6. The molecule has 0 aromatic carbocycles. The second-order valence-electron chi connectivity index (χ2n) is 9.94. The molecule has 0 aliphatic rings. The van der Waals surface area contributed by atoms with E-state index in [2.05, 4.69) is 59.1 Å². The largest absolute Gasteiger partial charge is 0.480 e. The molecule has 0 saturated heterocycles. The molecule has 0 saturated carbocycles. The van der Waals surface area contributed by atoms with Crippen LogP contribution in [0.5, 0.6) is 0 Å². The van der Waals surface area contributed by atoms with Gasteiger partial charge in [-0.2, -0.15) is 0 Å². The monoisotopic (exact) mass is 428 g/mol. The number of carbonyl (C=O) groups is 3. The normalized spacial score (nSPS) is 13.1. The lowest BCUT2D eigenvalue weighted by Crippen LogP contribution is -2.37. The third-order valence-electron chi connectivity index (χ3n) is 4.89. The summed E-state index contributed by atoms with van der Waals surface area (Å²) in [5.74, 6) is 0.344. The van der Waals surface area contributed by atoms with E-state index in [-0.39, 0.29) is 18.7 Å². The number of carboxylic acids is 1. The first-order valence-electron chi connectivity index (χ1n) is 11.6. The minimum atomic E-state index is -1.12. The topological polar surface area (TPSA) is 95.5 Å². The smallest absolute Gasteiger partial charge is 0.326 e. The highest BCUT2D eigenvalue weighted by atomic mass is 16.4. The lowest BCUT2D eigenvalue weighted by Gasteiger charge is -2.19. The summed E-state index contributed by atoms with van der Waals surface area (Å²) in [6.45, 7) is 16.5. The third kappa shape index (κ3) is 22.7. The zero-order chi connectivity index (χ0) is 23.6. The molecule has 2 atom stereocenters. The highest BCUT2D eigenvalue weighted by Gasteiger charge is 2.17. The van der Waals surface area contributed by atoms with E-state index in [0.29, 0.717) is 18.4 Å². The first kappa shape index (κ1) is 30.6. The number of unbranched alkanes of at least 4 members (excludes halogenated alkanes) is 3. The molecule has 0 aliphatic carbocycles. The van der Waals surface area contributed by atoms with E-state index in [4.69, 9.17) is 5.11 Å². The molecule has 0 rings (SSSR count). The van der Waals surface area contributed by atoms with Crippen molar-refractivity contribution in [3.05, 3.63) is 0 Å². The standard InChI is InChI=1S/C16H30N2O4.C8H18/c1-3-13(2)8-6-4-5-7-11-17-15(20)10-9-14(16(21)22)18-12-19;1-7(2)6-8(3,4)5/h12-14H,3-11H2,1-2H3,(H,17,20)(H,18,19)(H,21,22);7H,6H2,1-5H3. The molecule has 178 valence electrons. The average Bonchev–Trinajstić information content (AvgIpc) is 2.62. The van der Waals surface area contributed by atoms with Crippen molar-refractivity contribution in [3.63, 3.8) is 0 Å². The van der Waals surface area contributed by atoms with E-state index in [0.717, 1.165) is 24.7 Å². The summed E-state index contributed by atoms with van der Waals surface area (Å²) >= 11 is 0. The Hall–Kier alpha value is -1.59. The van der Waals surface area contributed by atoms with Crippen molar-refractivity contribution in [1.82, 2.24) is 10.6 Å². The Morgan fingerprint density at radius 2 is 1.60 bits per heavy atom. The Balaban J connectivity index is 0. The van der Waals surface area contributed by atoms with Crippen LogP contribution in [0.1, 0.15) is 106 Å². The van der Waals surface area contributed by atoms with Gasteiger partial charge in [0, 0.05) is 13.0 Å². The molecule has 0 aliphatic heterocycles. The van der Waals surface area contributed by atoms with Crippen molar-refractivity contribution >= 4 is 18.3 Å². The fourth-order valence-electron chi connectivity index (χ4n) is 3.35. The van der Waals surface area contributed by atoms with Crippen LogP contribution in [-0.2, 0) is 14.4 Å². The van der Waals surface area contributed by atoms with Crippen LogP contribution in [0, 0.1) is 17.3 Å². The molecule has 6 nitrogen and oxygen atoms in total. The summed E-state index contributed by atoms with van der Waals surface area (Å²) in [7, 11) is 0. The van der Waals surface area contributed by atoms with E-state index in [1.54, 1.807) is 0 Å². The molecule has 2 amide bonds. The van der Waals surface area contributed by atoms with Gasteiger partial charge in [-0.15, -0.1) is 0 Å².